The lowest BCUT2D eigenvalue weighted by molar-refractivity contribution is 0.209. The molecule has 1 fully saturated rings. The number of benzene rings is 1. The maximum atomic E-state index is 11.9. The number of hydrogen-bond donors (Lipinski definition) is 2. The molecule has 1 aromatic carbocycles. The largest absolute Gasteiger partial charge is 0.464 e. The molecule has 4 nitrogen and oxygen atoms in total. The van der Waals surface area contributed by atoms with Crippen molar-refractivity contribution in [3.05, 3.63) is 30.0 Å². The molecule has 1 aliphatic heterocycles. The molecule has 4 heteroatoms. The highest BCUT2D eigenvalue weighted by Crippen LogP contribution is 2.45. The Bertz CT molecular complexity index is 653. The van der Waals surface area contributed by atoms with Crippen LogP contribution in [0.25, 0.3) is 11.0 Å². The van der Waals surface area contributed by atoms with Crippen molar-refractivity contribution >= 4 is 22.7 Å². The molecule has 2 aromatic rings. The van der Waals surface area contributed by atoms with Gasteiger partial charge in [0.1, 0.15) is 5.58 Å². The molecule has 2 amide bonds. The number of nitrogens with one attached hydrogen (secondary N) is 2. The summed E-state index contributed by atoms with van der Waals surface area (Å²) in [6, 6.07) is 5.87. The molecular weight excluding hydrogens is 240 g/mol. The lowest BCUT2D eigenvalue weighted by Crippen LogP contribution is -2.52. The third-order valence-electron chi connectivity index (χ3n) is 4.41. The van der Waals surface area contributed by atoms with Crippen LogP contribution in [0.1, 0.15) is 37.7 Å². The van der Waals surface area contributed by atoms with E-state index in [0.717, 1.165) is 47.9 Å². The van der Waals surface area contributed by atoms with E-state index < -0.39 is 0 Å². The summed E-state index contributed by atoms with van der Waals surface area (Å²) >= 11 is 0. The van der Waals surface area contributed by atoms with Gasteiger partial charge in [-0.3, -0.25) is 0 Å². The van der Waals surface area contributed by atoms with E-state index in [-0.39, 0.29) is 11.6 Å². The fraction of sp³-hybridized carbons (Fsp3) is 0.400. The third kappa shape index (κ3) is 1.49. The van der Waals surface area contributed by atoms with Crippen LogP contribution >= 0.6 is 0 Å². The monoisotopic (exact) mass is 256 g/mol. The first-order valence-electron chi connectivity index (χ1n) is 6.88. The number of urea groups is 1. The Balaban J connectivity index is 2.00. The molecule has 1 saturated carbocycles. The van der Waals surface area contributed by atoms with Crippen molar-refractivity contribution in [3.8, 4) is 0 Å². The van der Waals surface area contributed by atoms with Gasteiger partial charge in [0, 0.05) is 10.9 Å². The summed E-state index contributed by atoms with van der Waals surface area (Å²) in [5.74, 6) is 0. The van der Waals surface area contributed by atoms with Gasteiger partial charge in [-0.2, -0.15) is 0 Å². The quantitative estimate of drug-likeness (QED) is 0.754. The van der Waals surface area contributed by atoms with E-state index in [1.165, 1.54) is 6.42 Å². The minimum Gasteiger partial charge on any atom is -0.464 e. The summed E-state index contributed by atoms with van der Waals surface area (Å²) in [5, 5.41) is 7.16. The number of anilines is 1. The number of carbonyl (C=O) groups excluding carboxylic acids is 1. The number of rotatable bonds is 0. The Morgan fingerprint density at radius 1 is 1.11 bits per heavy atom. The van der Waals surface area contributed by atoms with E-state index in [9.17, 15) is 4.79 Å². The van der Waals surface area contributed by atoms with Gasteiger partial charge in [0.2, 0.25) is 0 Å². The minimum atomic E-state index is -0.243. The van der Waals surface area contributed by atoms with Crippen LogP contribution in [0.3, 0.4) is 0 Å². The SMILES string of the molecule is O=C1Nc2ccc3ccoc3c2C2(CCCCC2)N1. The van der Waals surface area contributed by atoms with Gasteiger partial charge in [0.05, 0.1) is 17.5 Å². The number of hydrogen-bond acceptors (Lipinski definition) is 2. The summed E-state index contributed by atoms with van der Waals surface area (Å²) in [5.41, 5.74) is 2.70. The average Bonchev–Trinajstić information content (AvgIpc) is 2.87. The zero-order valence-electron chi connectivity index (χ0n) is 10.7. The number of furan rings is 1. The van der Waals surface area contributed by atoms with Gasteiger partial charge in [0.15, 0.2) is 0 Å². The lowest BCUT2D eigenvalue weighted by Gasteiger charge is -2.42. The van der Waals surface area contributed by atoms with Crippen molar-refractivity contribution in [1.82, 2.24) is 5.32 Å². The summed E-state index contributed by atoms with van der Waals surface area (Å²) in [4.78, 5) is 11.9. The third-order valence-corrected chi connectivity index (χ3v) is 4.41. The van der Waals surface area contributed by atoms with Crippen molar-refractivity contribution in [2.24, 2.45) is 0 Å². The molecule has 1 aliphatic carbocycles. The van der Waals surface area contributed by atoms with Crippen molar-refractivity contribution < 1.29 is 9.21 Å². The summed E-state index contributed by atoms with van der Waals surface area (Å²) in [6.45, 7) is 0. The van der Waals surface area contributed by atoms with Crippen LogP contribution in [0.4, 0.5) is 10.5 Å². The van der Waals surface area contributed by atoms with Gasteiger partial charge in [0.25, 0.3) is 0 Å². The summed E-state index contributed by atoms with van der Waals surface area (Å²) < 4.78 is 5.69. The second-order valence-electron chi connectivity index (χ2n) is 5.55. The molecule has 0 saturated heterocycles. The first-order valence-corrected chi connectivity index (χ1v) is 6.88. The zero-order valence-corrected chi connectivity index (χ0v) is 10.7. The van der Waals surface area contributed by atoms with Crippen LogP contribution in [0.5, 0.6) is 0 Å². The first-order chi connectivity index (χ1) is 9.28. The van der Waals surface area contributed by atoms with Crippen LogP contribution < -0.4 is 10.6 Å². The molecule has 19 heavy (non-hydrogen) atoms. The van der Waals surface area contributed by atoms with Gasteiger partial charge in [-0.05, 0) is 31.0 Å². The van der Waals surface area contributed by atoms with Gasteiger partial charge < -0.3 is 15.1 Å². The Labute approximate surface area is 111 Å². The number of amides is 2. The maximum absolute atomic E-state index is 11.9. The second kappa shape index (κ2) is 3.76. The topological polar surface area (TPSA) is 54.3 Å². The van der Waals surface area contributed by atoms with Crippen molar-refractivity contribution in [1.29, 1.82) is 0 Å². The van der Waals surface area contributed by atoms with Crippen molar-refractivity contribution in [2.45, 2.75) is 37.6 Å². The van der Waals surface area contributed by atoms with Crippen molar-refractivity contribution in [3.63, 3.8) is 0 Å². The van der Waals surface area contributed by atoms with E-state index in [4.69, 9.17) is 4.42 Å². The maximum Gasteiger partial charge on any atom is 0.319 e. The molecule has 98 valence electrons. The summed E-state index contributed by atoms with van der Waals surface area (Å²) in [6.07, 6.45) is 7.25. The van der Waals surface area contributed by atoms with Crippen LogP contribution in [0, 0.1) is 0 Å². The van der Waals surface area contributed by atoms with E-state index in [1.54, 1.807) is 6.26 Å². The average molecular weight is 256 g/mol. The molecule has 0 atom stereocenters. The Hall–Kier alpha value is -1.97. The Morgan fingerprint density at radius 3 is 2.79 bits per heavy atom. The number of carbonyl (C=O) groups is 1. The van der Waals surface area contributed by atoms with Crippen LogP contribution in [-0.2, 0) is 5.54 Å². The standard InChI is InChI=1S/C15H16N2O2/c18-14-16-11-5-4-10-6-9-19-13(10)12(11)15(17-14)7-2-1-3-8-15/h4-6,9H,1-3,7-8H2,(H2,16,17,18). The fourth-order valence-corrected chi connectivity index (χ4v) is 3.58. The normalized spacial score (nSPS) is 20.9. The Morgan fingerprint density at radius 2 is 1.95 bits per heavy atom. The minimum absolute atomic E-state index is 0.0969. The molecular formula is C15H16N2O2. The van der Waals surface area contributed by atoms with E-state index in [0.29, 0.717) is 0 Å². The first kappa shape index (κ1) is 10.9. The summed E-state index contributed by atoms with van der Waals surface area (Å²) in [7, 11) is 0. The fourth-order valence-electron chi connectivity index (χ4n) is 3.58. The van der Waals surface area contributed by atoms with Gasteiger partial charge in [-0.15, -0.1) is 0 Å². The molecule has 1 spiro atoms. The van der Waals surface area contributed by atoms with Crippen LogP contribution in [0.2, 0.25) is 0 Å². The molecule has 4 rings (SSSR count). The Kier molecular flexibility index (Phi) is 2.16. The smallest absolute Gasteiger partial charge is 0.319 e. The predicted octanol–water partition coefficient (Wildman–Crippen LogP) is 3.73. The highest BCUT2D eigenvalue weighted by atomic mass is 16.3. The number of fused-ring (bicyclic) bond motifs is 4. The molecule has 2 aliphatic rings. The van der Waals surface area contributed by atoms with E-state index in [2.05, 4.69) is 10.6 Å². The molecule has 2 heterocycles. The zero-order chi connectivity index (χ0) is 12.9. The molecule has 2 N–H and O–H groups in total. The molecule has 0 unspecified atom stereocenters. The lowest BCUT2D eigenvalue weighted by atomic mass is 9.74. The highest BCUT2D eigenvalue weighted by molar-refractivity contribution is 5.99. The predicted molar refractivity (Wildman–Crippen MR) is 73.1 cm³/mol. The molecule has 0 radical (unpaired) electrons. The van der Waals surface area contributed by atoms with E-state index >= 15 is 0 Å². The van der Waals surface area contributed by atoms with Crippen LogP contribution in [-0.4, -0.2) is 6.03 Å². The van der Waals surface area contributed by atoms with Gasteiger partial charge in [-0.1, -0.05) is 19.3 Å². The second-order valence-corrected chi connectivity index (χ2v) is 5.55. The molecule has 0 bridgehead atoms. The van der Waals surface area contributed by atoms with Crippen LogP contribution in [0.15, 0.2) is 28.9 Å². The van der Waals surface area contributed by atoms with Crippen molar-refractivity contribution in [2.75, 3.05) is 5.32 Å². The highest BCUT2D eigenvalue weighted by Gasteiger charge is 2.42. The van der Waals surface area contributed by atoms with Gasteiger partial charge in [-0.25, -0.2) is 4.79 Å². The molecule has 1 aromatic heterocycles. The van der Waals surface area contributed by atoms with E-state index in [1.807, 2.05) is 18.2 Å². The van der Waals surface area contributed by atoms with Gasteiger partial charge >= 0.3 is 6.03 Å².